The maximum absolute atomic E-state index is 6.09. The van der Waals surface area contributed by atoms with Gasteiger partial charge in [-0.05, 0) is 45.7 Å². The molecule has 0 radical (unpaired) electrons. The van der Waals surface area contributed by atoms with Crippen LogP contribution in [0.1, 0.15) is 51.1 Å². The Labute approximate surface area is 162 Å². The highest BCUT2D eigenvalue weighted by Crippen LogP contribution is 2.23. The van der Waals surface area contributed by atoms with E-state index in [4.69, 9.17) is 9.73 Å². The number of aryl methyl sites for hydroxylation is 2. The van der Waals surface area contributed by atoms with Gasteiger partial charge in [0, 0.05) is 18.7 Å². The van der Waals surface area contributed by atoms with Crippen LogP contribution < -0.4 is 15.4 Å². The summed E-state index contributed by atoms with van der Waals surface area (Å²) >= 11 is 0. The van der Waals surface area contributed by atoms with Crippen LogP contribution in [-0.2, 0) is 19.6 Å². The molecule has 0 fully saturated rings. The minimum atomic E-state index is 0.182. The number of hydrogen-bond donors (Lipinski definition) is 2. The maximum Gasteiger partial charge on any atom is 0.191 e. The summed E-state index contributed by atoms with van der Waals surface area (Å²) in [5.74, 6) is 2.55. The van der Waals surface area contributed by atoms with Crippen molar-refractivity contribution in [3.05, 3.63) is 41.5 Å². The largest absolute Gasteiger partial charge is 0.490 e. The summed E-state index contributed by atoms with van der Waals surface area (Å²) in [6, 6.07) is 6.27. The Bertz CT molecular complexity index is 740. The first-order valence-electron chi connectivity index (χ1n) is 9.72. The number of aromatic nitrogens is 3. The molecule has 1 aromatic carbocycles. The Hall–Kier alpha value is -2.57. The van der Waals surface area contributed by atoms with E-state index in [2.05, 4.69) is 73.6 Å². The van der Waals surface area contributed by atoms with E-state index in [0.717, 1.165) is 42.6 Å². The van der Waals surface area contributed by atoms with Crippen molar-refractivity contribution in [3.8, 4) is 5.75 Å². The highest BCUT2D eigenvalue weighted by molar-refractivity contribution is 5.79. The summed E-state index contributed by atoms with van der Waals surface area (Å²) in [4.78, 5) is 4.72. The van der Waals surface area contributed by atoms with Crippen molar-refractivity contribution in [2.24, 2.45) is 4.99 Å². The fourth-order valence-corrected chi connectivity index (χ4v) is 2.55. The van der Waals surface area contributed by atoms with Crippen molar-refractivity contribution in [2.45, 2.75) is 66.8 Å². The molecule has 0 saturated carbocycles. The van der Waals surface area contributed by atoms with Crippen LogP contribution in [0.25, 0.3) is 0 Å². The van der Waals surface area contributed by atoms with Crippen LogP contribution in [0.3, 0.4) is 0 Å². The number of guanidine groups is 1. The second-order valence-electron chi connectivity index (χ2n) is 6.53. The molecule has 2 rings (SSSR count). The Balaban J connectivity index is 2.09. The molecule has 7 nitrogen and oxygen atoms in total. The number of ether oxygens (including phenoxy) is 1. The van der Waals surface area contributed by atoms with Crippen LogP contribution in [0.2, 0.25) is 0 Å². The van der Waals surface area contributed by atoms with E-state index in [0.29, 0.717) is 13.1 Å². The van der Waals surface area contributed by atoms with Crippen molar-refractivity contribution >= 4 is 5.96 Å². The number of benzene rings is 1. The van der Waals surface area contributed by atoms with Gasteiger partial charge in [-0.25, -0.2) is 4.99 Å². The zero-order valence-corrected chi connectivity index (χ0v) is 17.1. The number of nitrogens with one attached hydrogen (secondary N) is 2. The average molecular weight is 373 g/mol. The van der Waals surface area contributed by atoms with Crippen LogP contribution in [-0.4, -0.2) is 33.4 Å². The Kier molecular flexibility index (Phi) is 8.10. The van der Waals surface area contributed by atoms with Crippen LogP contribution in [0.5, 0.6) is 5.75 Å². The van der Waals surface area contributed by atoms with Crippen molar-refractivity contribution in [2.75, 3.05) is 6.54 Å². The van der Waals surface area contributed by atoms with Crippen LogP contribution >= 0.6 is 0 Å². The molecule has 0 aliphatic carbocycles. The third-order valence-electron chi connectivity index (χ3n) is 4.33. The van der Waals surface area contributed by atoms with E-state index < -0.39 is 0 Å². The quantitative estimate of drug-likeness (QED) is 0.523. The Morgan fingerprint density at radius 2 is 2.07 bits per heavy atom. The SMILES string of the molecule is CCNC(=NCc1ccc(C)cc1OC(C)CC)NCc1nncn1CC. The van der Waals surface area contributed by atoms with Crippen LogP contribution in [0.15, 0.2) is 29.5 Å². The summed E-state index contributed by atoms with van der Waals surface area (Å²) < 4.78 is 8.09. The van der Waals surface area contributed by atoms with E-state index in [9.17, 15) is 0 Å². The normalized spacial score (nSPS) is 12.7. The molecule has 148 valence electrons. The monoisotopic (exact) mass is 372 g/mol. The highest BCUT2D eigenvalue weighted by Gasteiger charge is 2.09. The first-order valence-corrected chi connectivity index (χ1v) is 9.72. The molecule has 2 aromatic rings. The molecular weight excluding hydrogens is 340 g/mol. The van der Waals surface area contributed by atoms with Gasteiger partial charge in [0.05, 0.1) is 19.2 Å². The molecule has 1 aromatic heterocycles. The molecule has 0 saturated heterocycles. The lowest BCUT2D eigenvalue weighted by Gasteiger charge is -2.17. The lowest BCUT2D eigenvalue weighted by Crippen LogP contribution is -2.37. The zero-order chi connectivity index (χ0) is 19.6. The molecule has 1 unspecified atom stereocenters. The molecule has 0 amide bonds. The molecule has 27 heavy (non-hydrogen) atoms. The van der Waals surface area contributed by atoms with Crippen molar-refractivity contribution < 1.29 is 4.74 Å². The molecule has 0 spiro atoms. The van der Waals surface area contributed by atoms with Crippen LogP contribution in [0, 0.1) is 6.92 Å². The Morgan fingerprint density at radius 1 is 1.26 bits per heavy atom. The average Bonchev–Trinajstić information content (AvgIpc) is 3.12. The molecule has 1 atom stereocenters. The Morgan fingerprint density at radius 3 is 2.78 bits per heavy atom. The summed E-state index contributed by atoms with van der Waals surface area (Å²) in [7, 11) is 0. The van der Waals surface area contributed by atoms with Gasteiger partial charge in [-0.3, -0.25) is 0 Å². The van der Waals surface area contributed by atoms with Gasteiger partial charge in [0.25, 0.3) is 0 Å². The first kappa shape index (κ1) is 20.7. The van der Waals surface area contributed by atoms with E-state index in [1.54, 1.807) is 6.33 Å². The first-order chi connectivity index (χ1) is 13.1. The van der Waals surface area contributed by atoms with Gasteiger partial charge in [0.1, 0.15) is 12.1 Å². The van der Waals surface area contributed by atoms with E-state index in [1.807, 2.05) is 4.57 Å². The minimum Gasteiger partial charge on any atom is -0.490 e. The minimum absolute atomic E-state index is 0.182. The van der Waals surface area contributed by atoms with Crippen molar-refractivity contribution in [3.63, 3.8) is 0 Å². The van der Waals surface area contributed by atoms with Gasteiger partial charge in [0.15, 0.2) is 11.8 Å². The summed E-state index contributed by atoms with van der Waals surface area (Å²) in [5, 5.41) is 14.7. The smallest absolute Gasteiger partial charge is 0.191 e. The standard InChI is InChI=1S/C20H32N6O/c1-6-16(5)27-18-11-15(4)9-10-17(18)12-22-20(21-7-2)23-13-19-25-24-14-26(19)8-3/h9-11,14,16H,6-8,12-13H2,1-5H3,(H2,21,22,23). The number of aliphatic imine (C=N–C) groups is 1. The van der Waals surface area contributed by atoms with E-state index in [1.165, 1.54) is 5.56 Å². The van der Waals surface area contributed by atoms with E-state index >= 15 is 0 Å². The number of nitrogens with zero attached hydrogens (tertiary/aromatic N) is 4. The summed E-state index contributed by atoms with van der Waals surface area (Å²) in [6.45, 7) is 13.2. The van der Waals surface area contributed by atoms with E-state index in [-0.39, 0.29) is 6.10 Å². The van der Waals surface area contributed by atoms with Gasteiger partial charge in [-0.1, -0.05) is 19.1 Å². The lowest BCUT2D eigenvalue weighted by atomic mass is 10.1. The third kappa shape index (κ3) is 6.27. The van der Waals surface area contributed by atoms with Crippen molar-refractivity contribution in [1.82, 2.24) is 25.4 Å². The lowest BCUT2D eigenvalue weighted by molar-refractivity contribution is 0.215. The molecule has 1 heterocycles. The summed E-state index contributed by atoms with van der Waals surface area (Å²) in [5.41, 5.74) is 2.26. The highest BCUT2D eigenvalue weighted by atomic mass is 16.5. The van der Waals surface area contributed by atoms with Gasteiger partial charge in [-0.15, -0.1) is 10.2 Å². The third-order valence-corrected chi connectivity index (χ3v) is 4.33. The van der Waals surface area contributed by atoms with Crippen LogP contribution in [0.4, 0.5) is 0 Å². The zero-order valence-electron chi connectivity index (χ0n) is 17.1. The maximum atomic E-state index is 6.09. The predicted octanol–water partition coefficient (Wildman–Crippen LogP) is 3.04. The van der Waals surface area contributed by atoms with Gasteiger partial charge in [0.2, 0.25) is 0 Å². The molecule has 2 N–H and O–H groups in total. The van der Waals surface area contributed by atoms with Gasteiger partial charge >= 0.3 is 0 Å². The number of hydrogen-bond acceptors (Lipinski definition) is 4. The fraction of sp³-hybridized carbons (Fsp3) is 0.550. The number of rotatable bonds is 9. The topological polar surface area (TPSA) is 76.4 Å². The van der Waals surface area contributed by atoms with Crippen molar-refractivity contribution in [1.29, 1.82) is 0 Å². The summed E-state index contributed by atoms with van der Waals surface area (Å²) in [6.07, 6.45) is 2.89. The molecular formula is C20H32N6O. The second-order valence-corrected chi connectivity index (χ2v) is 6.53. The van der Waals surface area contributed by atoms with Gasteiger partial charge in [-0.2, -0.15) is 0 Å². The molecule has 0 aliphatic rings. The molecule has 7 heteroatoms. The van der Waals surface area contributed by atoms with Gasteiger partial charge < -0.3 is 19.9 Å². The fourth-order valence-electron chi connectivity index (χ4n) is 2.55. The molecule has 0 aliphatic heterocycles. The molecule has 0 bridgehead atoms. The second kappa shape index (κ2) is 10.5. The predicted molar refractivity (Wildman–Crippen MR) is 109 cm³/mol.